The van der Waals surface area contributed by atoms with Crippen molar-refractivity contribution in [2.45, 2.75) is 52.6 Å². The van der Waals surface area contributed by atoms with Crippen molar-refractivity contribution >= 4 is 23.2 Å². The predicted molar refractivity (Wildman–Crippen MR) is 110 cm³/mol. The minimum atomic E-state index is -0.0705. The average molecular weight is 385 g/mol. The number of thiophene rings is 1. The van der Waals surface area contributed by atoms with E-state index in [1.807, 2.05) is 18.7 Å². The summed E-state index contributed by atoms with van der Waals surface area (Å²) in [6.07, 6.45) is 1.72. The lowest BCUT2D eigenvalue weighted by atomic mass is 9.92. The number of rotatable bonds is 5. The van der Waals surface area contributed by atoms with Gasteiger partial charge in [0.2, 0.25) is 11.8 Å². The van der Waals surface area contributed by atoms with Crippen LogP contribution in [0.2, 0.25) is 0 Å². The fourth-order valence-corrected chi connectivity index (χ4v) is 4.63. The Kier molecular flexibility index (Phi) is 6.00. The Bertz CT molecular complexity index is 812. The highest BCUT2D eigenvalue weighted by Crippen LogP contribution is 2.38. The third-order valence-corrected chi connectivity index (χ3v) is 6.51. The monoisotopic (exact) mass is 384 g/mol. The van der Waals surface area contributed by atoms with Gasteiger partial charge in [0, 0.05) is 24.4 Å². The van der Waals surface area contributed by atoms with Gasteiger partial charge >= 0.3 is 0 Å². The van der Waals surface area contributed by atoms with E-state index in [1.54, 1.807) is 23.2 Å². The number of hydrogen-bond donors (Lipinski definition) is 0. The molecule has 2 amide bonds. The normalized spacial score (nSPS) is 17.3. The fraction of sp³-hybridized carbons (Fsp3) is 0.455. The molecule has 1 aliphatic rings. The third-order valence-electron chi connectivity index (χ3n) is 5.51. The van der Waals surface area contributed by atoms with Gasteiger partial charge in [-0.1, -0.05) is 36.8 Å². The van der Waals surface area contributed by atoms with Gasteiger partial charge in [-0.2, -0.15) is 0 Å². The summed E-state index contributed by atoms with van der Waals surface area (Å²) in [6.45, 7) is 8.49. The van der Waals surface area contributed by atoms with Crippen LogP contribution in [0.4, 0.5) is 0 Å². The lowest BCUT2D eigenvalue weighted by Crippen LogP contribution is -2.48. The Balaban J connectivity index is 1.91. The average Bonchev–Trinajstić information content (AvgIpc) is 3.13. The standard InChI is InChI=1S/C22H28N2O2S/c1-5-16(3)24(17(4)25)14-21(26)23-12-10-20-19(11-13-27-20)22(23)18-8-6-15(2)7-9-18/h6-9,11,13,16,22H,5,10,12,14H2,1-4H3. The topological polar surface area (TPSA) is 40.6 Å². The van der Waals surface area contributed by atoms with Crippen molar-refractivity contribution in [3.63, 3.8) is 0 Å². The van der Waals surface area contributed by atoms with Crippen LogP contribution in [0.5, 0.6) is 0 Å². The minimum absolute atomic E-state index is 0.0212. The molecule has 0 N–H and O–H groups in total. The zero-order valence-corrected chi connectivity index (χ0v) is 17.4. The van der Waals surface area contributed by atoms with Crippen LogP contribution in [0, 0.1) is 6.92 Å². The quantitative estimate of drug-likeness (QED) is 0.776. The van der Waals surface area contributed by atoms with Crippen molar-refractivity contribution in [2.75, 3.05) is 13.1 Å². The van der Waals surface area contributed by atoms with E-state index in [4.69, 9.17) is 0 Å². The van der Waals surface area contributed by atoms with Crippen molar-refractivity contribution in [3.8, 4) is 0 Å². The van der Waals surface area contributed by atoms with E-state index >= 15 is 0 Å². The molecule has 2 heterocycles. The van der Waals surface area contributed by atoms with Gasteiger partial charge in [0.1, 0.15) is 6.54 Å². The van der Waals surface area contributed by atoms with E-state index in [0.717, 1.165) is 18.4 Å². The molecule has 1 aliphatic heterocycles. The highest BCUT2D eigenvalue weighted by molar-refractivity contribution is 7.10. The van der Waals surface area contributed by atoms with E-state index in [1.165, 1.54) is 16.0 Å². The molecule has 2 unspecified atom stereocenters. The SMILES string of the molecule is CCC(C)N(CC(=O)N1CCc2sccc2C1c1ccc(C)cc1)C(C)=O. The van der Waals surface area contributed by atoms with Crippen molar-refractivity contribution in [3.05, 3.63) is 57.3 Å². The first-order chi connectivity index (χ1) is 12.9. The molecular formula is C22H28N2O2S. The van der Waals surface area contributed by atoms with Gasteiger partial charge in [-0.3, -0.25) is 9.59 Å². The van der Waals surface area contributed by atoms with Crippen molar-refractivity contribution < 1.29 is 9.59 Å². The Hall–Kier alpha value is -2.14. The molecule has 5 heteroatoms. The number of carbonyl (C=O) groups is 2. The maximum absolute atomic E-state index is 13.3. The smallest absolute Gasteiger partial charge is 0.243 e. The number of nitrogens with zero attached hydrogens (tertiary/aromatic N) is 2. The predicted octanol–water partition coefficient (Wildman–Crippen LogP) is 4.18. The van der Waals surface area contributed by atoms with E-state index in [-0.39, 0.29) is 30.4 Å². The number of fused-ring (bicyclic) bond motifs is 1. The Morgan fingerprint density at radius 3 is 2.59 bits per heavy atom. The van der Waals surface area contributed by atoms with Gasteiger partial charge in [-0.25, -0.2) is 0 Å². The first-order valence-corrected chi connectivity index (χ1v) is 10.5. The van der Waals surface area contributed by atoms with Gasteiger partial charge in [-0.15, -0.1) is 11.3 Å². The number of benzene rings is 1. The molecule has 0 saturated heterocycles. The molecule has 1 aromatic carbocycles. The van der Waals surface area contributed by atoms with E-state index < -0.39 is 0 Å². The van der Waals surface area contributed by atoms with Gasteiger partial charge in [-0.05, 0) is 49.3 Å². The maximum Gasteiger partial charge on any atom is 0.243 e. The number of amides is 2. The van der Waals surface area contributed by atoms with Gasteiger partial charge in [0.15, 0.2) is 0 Å². The molecule has 0 bridgehead atoms. The lowest BCUT2D eigenvalue weighted by molar-refractivity contribution is -0.142. The molecule has 2 atom stereocenters. The van der Waals surface area contributed by atoms with Gasteiger partial charge in [0.25, 0.3) is 0 Å². The van der Waals surface area contributed by atoms with Crippen molar-refractivity contribution in [1.29, 1.82) is 0 Å². The van der Waals surface area contributed by atoms with Crippen LogP contribution < -0.4 is 0 Å². The number of aryl methyl sites for hydroxylation is 1. The van der Waals surface area contributed by atoms with Crippen LogP contribution in [-0.4, -0.2) is 40.7 Å². The second kappa shape index (κ2) is 8.26. The molecule has 27 heavy (non-hydrogen) atoms. The summed E-state index contributed by atoms with van der Waals surface area (Å²) in [5, 5.41) is 2.11. The molecule has 0 fully saturated rings. The second-order valence-electron chi connectivity index (χ2n) is 7.35. The summed E-state index contributed by atoms with van der Waals surface area (Å²) in [7, 11) is 0. The van der Waals surface area contributed by atoms with Crippen molar-refractivity contribution in [1.82, 2.24) is 9.80 Å². The third kappa shape index (κ3) is 4.08. The van der Waals surface area contributed by atoms with Crippen LogP contribution in [0.15, 0.2) is 35.7 Å². The summed E-state index contributed by atoms with van der Waals surface area (Å²) in [6, 6.07) is 10.6. The fourth-order valence-electron chi connectivity index (χ4n) is 3.73. The molecule has 144 valence electrons. The second-order valence-corrected chi connectivity index (χ2v) is 8.35. The summed E-state index contributed by atoms with van der Waals surface area (Å²) >= 11 is 1.77. The number of carbonyl (C=O) groups excluding carboxylic acids is 2. The molecule has 0 spiro atoms. The molecule has 0 saturated carbocycles. The highest BCUT2D eigenvalue weighted by atomic mass is 32.1. The van der Waals surface area contributed by atoms with Crippen LogP contribution in [0.25, 0.3) is 0 Å². The summed E-state index contributed by atoms with van der Waals surface area (Å²) in [5.41, 5.74) is 3.56. The molecule has 0 aliphatic carbocycles. The highest BCUT2D eigenvalue weighted by Gasteiger charge is 2.34. The molecule has 2 aromatic rings. The van der Waals surface area contributed by atoms with Crippen LogP contribution >= 0.6 is 11.3 Å². The van der Waals surface area contributed by atoms with Crippen LogP contribution in [0.1, 0.15) is 54.8 Å². The van der Waals surface area contributed by atoms with Gasteiger partial charge < -0.3 is 9.80 Å². The van der Waals surface area contributed by atoms with E-state index in [2.05, 4.69) is 42.6 Å². The zero-order chi connectivity index (χ0) is 19.6. The van der Waals surface area contributed by atoms with Crippen molar-refractivity contribution in [2.24, 2.45) is 0 Å². The zero-order valence-electron chi connectivity index (χ0n) is 16.6. The van der Waals surface area contributed by atoms with Crippen LogP contribution in [-0.2, 0) is 16.0 Å². The lowest BCUT2D eigenvalue weighted by Gasteiger charge is -2.38. The molecule has 4 nitrogen and oxygen atoms in total. The minimum Gasteiger partial charge on any atom is -0.331 e. The molecular weight excluding hydrogens is 356 g/mol. The number of hydrogen-bond acceptors (Lipinski definition) is 3. The summed E-state index contributed by atoms with van der Waals surface area (Å²) < 4.78 is 0. The largest absolute Gasteiger partial charge is 0.331 e. The maximum atomic E-state index is 13.3. The summed E-state index contributed by atoms with van der Waals surface area (Å²) in [5.74, 6) is -0.0225. The Labute approximate surface area is 165 Å². The van der Waals surface area contributed by atoms with Crippen LogP contribution in [0.3, 0.4) is 0 Å². The first kappa shape index (κ1) is 19.6. The Morgan fingerprint density at radius 1 is 1.26 bits per heavy atom. The summed E-state index contributed by atoms with van der Waals surface area (Å²) in [4.78, 5) is 30.3. The molecule has 1 aromatic heterocycles. The van der Waals surface area contributed by atoms with E-state index in [0.29, 0.717) is 6.54 Å². The van der Waals surface area contributed by atoms with Gasteiger partial charge in [0.05, 0.1) is 6.04 Å². The first-order valence-electron chi connectivity index (χ1n) is 9.61. The van der Waals surface area contributed by atoms with E-state index in [9.17, 15) is 9.59 Å². The Morgan fingerprint density at radius 2 is 1.96 bits per heavy atom. The molecule has 0 radical (unpaired) electrons. The molecule has 3 rings (SSSR count).